The van der Waals surface area contributed by atoms with Crippen LogP contribution in [0.2, 0.25) is 0 Å². The molecule has 1 aromatic carbocycles. The fraction of sp³-hybridized carbons (Fsp3) is 0.214. The average Bonchev–Trinajstić information content (AvgIpc) is 2.74. The van der Waals surface area contributed by atoms with Crippen LogP contribution in [0.3, 0.4) is 0 Å². The van der Waals surface area contributed by atoms with Crippen molar-refractivity contribution in [3.63, 3.8) is 0 Å². The van der Waals surface area contributed by atoms with Crippen LogP contribution in [-0.2, 0) is 6.42 Å². The molecule has 1 aromatic heterocycles. The molecule has 96 valence electrons. The van der Waals surface area contributed by atoms with E-state index in [-0.39, 0.29) is 11.7 Å². The van der Waals surface area contributed by atoms with E-state index in [0.717, 1.165) is 12.1 Å². The number of aromatic carboxylic acids is 1. The lowest BCUT2D eigenvalue weighted by molar-refractivity contribution is 0.0690. The normalized spacial score (nSPS) is 17.3. The molecule has 0 spiro atoms. The van der Waals surface area contributed by atoms with Crippen molar-refractivity contribution in [2.24, 2.45) is 0 Å². The van der Waals surface area contributed by atoms with Gasteiger partial charge in [0.15, 0.2) is 11.5 Å². The van der Waals surface area contributed by atoms with Crippen molar-refractivity contribution in [1.82, 2.24) is 9.97 Å². The first-order valence-electron chi connectivity index (χ1n) is 6.09. The first-order valence-corrected chi connectivity index (χ1v) is 6.09. The van der Waals surface area contributed by atoms with Crippen molar-refractivity contribution in [3.05, 3.63) is 47.9 Å². The third-order valence-electron chi connectivity index (χ3n) is 3.30. The molecular formula is C14H13N3O2. The van der Waals surface area contributed by atoms with Gasteiger partial charge in [0, 0.05) is 11.7 Å². The number of nitrogens with zero attached hydrogens (tertiary/aromatic N) is 3. The number of carboxylic acids is 1. The Morgan fingerprint density at radius 3 is 2.95 bits per heavy atom. The summed E-state index contributed by atoms with van der Waals surface area (Å²) in [4.78, 5) is 21.2. The maximum atomic E-state index is 11.0. The Bertz CT molecular complexity index is 642. The number of carbonyl (C=O) groups is 1. The molecule has 1 unspecified atom stereocenters. The molecule has 19 heavy (non-hydrogen) atoms. The highest BCUT2D eigenvalue weighted by molar-refractivity contribution is 5.85. The summed E-state index contributed by atoms with van der Waals surface area (Å²) in [7, 11) is 0. The molecule has 0 fully saturated rings. The van der Waals surface area contributed by atoms with Crippen molar-refractivity contribution >= 4 is 17.5 Å². The Balaban J connectivity index is 2.07. The van der Waals surface area contributed by atoms with Crippen LogP contribution < -0.4 is 4.90 Å². The van der Waals surface area contributed by atoms with Gasteiger partial charge in [-0.3, -0.25) is 4.98 Å². The van der Waals surface area contributed by atoms with Crippen molar-refractivity contribution in [1.29, 1.82) is 0 Å². The Morgan fingerprint density at radius 1 is 1.37 bits per heavy atom. The molecule has 0 saturated heterocycles. The summed E-state index contributed by atoms with van der Waals surface area (Å²) >= 11 is 0. The molecule has 0 aliphatic carbocycles. The topological polar surface area (TPSA) is 66.3 Å². The number of hydrogen-bond acceptors (Lipinski definition) is 4. The van der Waals surface area contributed by atoms with Crippen LogP contribution in [0.1, 0.15) is 23.0 Å². The van der Waals surface area contributed by atoms with Gasteiger partial charge in [-0.25, -0.2) is 9.78 Å². The molecule has 1 aliphatic heterocycles. The first-order chi connectivity index (χ1) is 9.16. The molecular weight excluding hydrogens is 242 g/mol. The second-order valence-electron chi connectivity index (χ2n) is 4.62. The van der Waals surface area contributed by atoms with Gasteiger partial charge in [-0.2, -0.15) is 0 Å². The monoisotopic (exact) mass is 255 g/mol. The Hall–Kier alpha value is -2.43. The molecule has 5 nitrogen and oxygen atoms in total. The Labute approximate surface area is 110 Å². The number of benzene rings is 1. The van der Waals surface area contributed by atoms with Crippen LogP contribution in [-0.4, -0.2) is 27.1 Å². The van der Waals surface area contributed by atoms with E-state index in [1.165, 1.54) is 11.8 Å². The second kappa shape index (κ2) is 4.35. The number of hydrogen-bond donors (Lipinski definition) is 1. The smallest absolute Gasteiger partial charge is 0.356 e. The average molecular weight is 255 g/mol. The standard InChI is InChI=1S/C14H13N3O2/c1-9-6-10-4-2-3-5-12(10)17(9)13-8-15-7-11(16-13)14(18)19/h2-5,7-9H,6H2,1H3,(H,18,19). The van der Waals surface area contributed by atoms with E-state index in [1.54, 1.807) is 6.20 Å². The minimum Gasteiger partial charge on any atom is -0.476 e. The third kappa shape index (κ3) is 1.93. The van der Waals surface area contributed by atoms with Crippen LogP contribution in [0.15, 0.2) is 36.7 Å². The maximum absolute atomic E-state index is 11.0. The van der Waals surface area contributed by atoms with Crippen molar-refractivity contribution < 1.29 is 9.90 Å². The largest absolute Gasteiger partial charge is 0.476 e. The summed E-state index contributed by atoms with van der Waals surface area (Å²) in [5, 5.41) is 8.99. The number of carboxylic acid groups (broad SMARTS) is 1. The van der Waals surface area contributed by atoms with E-state index >= 15 is 0 Å². The van der Waals surface area contributed by atoms with E-state index in [1.807, 2.05) is 23.1 Å². The molecule has 5 heteroatoms. The summed E-state index contributed by atoms with van der Waals surface area (Å²) in [5.41, 5.74) is 2.29. The lowest BCUT2D eigenvalue weighted by Crippen LogP contribution is -2.25. The van der Waals surface area contributed by atoms with Crippen LogP contribution in [0.5, 0.6) is 0 Å². The van der Waals surface area contributed by atoms with Crippen molar-refractivity contribution in [2.45, 2.75) is 19.4 Å². The zero-order chi connectivity index (χ0) is 13.4. The van der Waals surface area contributed by atoms with E-state index in [9.17, 15) is 4.79 Å². The van der Waals surface area contributed by atoms with Gasteiger partial charge in [-0.05, 0) is 25.0 Å². The molecule has 0 radical (unpaired) electrons. The van der Waals surface area contributed by atoms with Gasteiger partial charge >= 0.3 is 5.97 Å². The zero-order valence-corrected chi connectivity index (χ0v) is 10.4. The Morgan fingerprint density at radius 2 is 2.16 bits per heavy atom. The molecule has 3 rings (SSSR count). The number of rotatable bonds is 2. The second-order valence-corrected chi connectivity index (χ2v) is 4.62. The van der Waals surface area contributed by atoms with E-state index < -0.39 is 5.97 Å². The maximum Gasteiger partial charge on any atom is 0.356 e. The van der Waals surface area contributed by atoms with Gasteiger partial charge < -0.3 is 10.0 Å². The molecule has 1 aliphatic rings. The highest BCUT2D eigenvalue weighted by Crippen LogP contribution is 2.36. The number of para-hydroxylation sites is 1. The predicted octanol–water partition coefficient (Wildman–Crippen LogP) is 2.26. The van der Waals surface area contributed by atoms with Gasteiger partial charge in [0.2, 0.25) is 0 Å². The first kappa shape index (κ1) is 11.6. The van der Waals surface area contributed by atoms with Crippen LogP contribution in [0, 0.1) is 0 Å². The lowest BCUT2D eigenvalue weighted by atomic mass is 10.1. The summed E-state index contributed by atoms with van der Waals surface area (Å²) in [6.07, 6.45) is 3.79. The van der Waals surface area contributed by atoms with Crippen molar-refractivity contribution in [3.8, 4) is 0 Å². The zero-order valence-electron chi connectivity index (χ0n) is 10.4. The molecule has 2 aromatic rings. The fourth-order valence-corrected chi connectivity index (χ4v) is 2.49. The van der Waals surface area contributed by atoms with Crippen molar-refractivity contribution in [2.75, 3.05) is 4.90 Å². The molecule has 1 atom stereocenters. The number of aromatic nitrogens is 2. The number of fused-ring (bicyclic) bond motifs is 1. The molecule has 2 heterocycles. The minimum atomic E-state index is -1.06. The molecule has 1 N–H and O–H groups in total. The van der Waals surface area contributed by atoms with Crippen LogP contribution in [0.4, 0.5) is 11.5 Å². The predicted molar refractivity (Wildman–Crippen MR) is 70.7 cm³/mol. The quantitative estimate of drug-likeness (QED) is 0.891. The lowest BCUT2D eigenvalue weighted by Gasteiger charge is -2.23. The summed E-state index contributed by atoms with van der Waals surface area (Å²) in [6, 6.07) is 8.33. The van der Waals surface area contributed by atoms with Crippen LogP contribution >= 0.6 is 0 Å². The van der Waals surface area contributed by atoms with E-state index in [4.69, 9.17) is 5.11 Å². The fourth-order valence-electron chi connectivity index (χ4n) is 2.49. The minimum absolute atomic E-state index is 0.0333. The van der Waals surface area contributed by atoms with Crippen LogP contribution in [0.25, 0.3) is 0 Å². The molecule has 0 amide bonds. The van der Waals surface area contributed by atoms with Gasteiger partial charge in [0.1, 0.15) is 0 Å². The SMILES string of the molecule is CC1Cc2ccccc2N1c1cncc(C(=O)O)n1. The Kier molecular flexibility index (Phi) is 2.67. The van der Waals surface area contributed by atoms with Gasteiger partial charge in [0.25, 0.3) is 0 Å². The highest BCUT2D eigenvalue weighted by atomic mass is 16.4. The van der Waals surface area contributed by atoms with E-state index in [0.29, 0.717) is 5.82 Å². The summed E-state index contributed by atoms with van der Waals surface area (Å²) < 4.78 is 0. The third-order valence-corrected chi connectivity index (χ3v) is 3.30. The number of anilines is 2. The summed E-state index contributed by atoms with van der Waals surface area (Å²) in [5.74, 6) is -0.480. The highest BCUT2D eigenvalue weighted by Gasteiger charge is 2.28. The van der Waals surface area contributed by atoms with Gasteiger partial charge in [-0.15, -0.1) is 0 Å². The molecule has 0 saturated carbocycles. The summed E-state index contributed by atoms with van der Waals surface area (Å²) in [6.45, 7) is 2.09. The molecule has 0 bridgehead atoms. The van der Waals surface area contributed by atoms with Gasteiger partial charge in [0.05, 0.1) is 12.4 Å². The van der Waals surface area contributed by atoms with E-state index in [2.05, 4.69) is 23.0 Å². The van der Waals surface area contributed by atoms with Gasteiger partial charge in [-0.1, -0.05) is 18.2 Å².